The van der Waals surface area contributed by atoms with Gasteiger partial charge in [0.15, 0.2) is 0 Å². The van der Waals surface area contributed by atoms with Gasteiger partial charge in [0.25, 0.3) is 0 Å². The largest absolute Gasteiger partial charge is 0.405 e. The number of alkyl halides is 3. The van der Waals surface area contributed by atoms with Crippen LogP contribution in [-0.2, 0) is 11.2 Å². The summed E-state index contributed by atoms with van der Waals surface area (Å²) in [5.41, 5.74) is 5.97. The first-order valence-corrected chi connectivity index (χ1v) is 8.34. The van der Waals surface area contributed by atoms with Crippen molar-refractivity contribution < 1.29 is 18.0 Å². The molecule has 4 nitrogen and oxygen atoms in total. The Labute approximate surface area is 139 Å². The standard InChI is InChI=1S/C17H22F3N3O/c18-17(19,20)15-11-14(21-22-15)16(24)23-8-6-13(7-9-23)10-12-4-2-1-3-5-12/h1-5,13-15,21-22H,6-11H2. The second-order valence-corrected chi connectivity index (χ2v) is 6.63. The minimum absolute atomic E-state index is 0.229. The highest BCUT2D eigenvalue weighted by molar-refractivity contribution is 5.82. The highest BCUT2D eigenvalue weighted by Gasteiger charge is 2.46. The molecule has 2 fully saturated rings. The number of hydrogen-bond acceptors (Lipinski definition) is 3. The molecule has 0 spiro atoms. The Balaban J connectivity index is 1.47. The molecule has 7 heteroatoms. The Bertz CT molecular complexity index is 556. The molecule has 1 aromatic rings. The molecule has 132 valence electrons. The third-order valence-corrected chi connectivity index (χ3v) is 4.89. The van der Waals surface area contributed by atoms with E-state index in [4.69, 9.17) is 0 Å². The molecule has 2 unspecified atom stereocenters. The van der Waals surface area contributed by atoms with E-state index in [1.807, 2.05) is 18.2 Å². The van der Waals surface area contributed by atoms with Crippen molar-refractivity contribution in [3.05, 3.63) is 35.9 Å². The second kappa shape index (κ2) is 7.11. The Morgan fingerprint density at radius 1 is 1.12 bits per heavy atom. The average molecular weight is 341 g/mol. The van der Waals surface area contributed by atoms with E-state index in [1.165, 1.54) is 5.56 Å². The molecule has 0 aliphatic carbocycles. The van der Waals surface area contributed by atoms with E-state index in [2.05, 4.69) is 23.0 Å². The fourth-order valence-corrected chi connectivity index (χ4v) is 3.46. The monoisotopic (exact) mass is 341 g/mol. The molecule has 2 N–H and O–H groups in total. The molecule has 1 aromatic carbocycles. The number of hydrazine groups is 1. The summed E-state index contributed by atoms with van der Waals surface area (Å²) in [4.78, 5) is 14.1. The zero-order valence-corrected chi connectivity index (χ0v) is 13.4. The lowest BCUT2D eigenvalue weighted by Gasteiger charge is -2.33. The highest BCUT2D eigenvalue weighted by Crippen LogP contribution is 2.27. The van der Waals surface area contributed by atoms with E-state index in [-0.39, 0.29) is 12.3 Å². The minimum Gasteiger partial charge on any atom is -0.341 e. The average Bonchev–Trinajstić information content (AvgIpc) is 3.06. The number of carbonyl (C=O) groups is 1. The number of benzene rings is 1. The normalized spacial score (nSPS) is 25.9. The number of piperidine rings is 1. The maximum Gasteiger partial charge on any atom is 0.405 e. The van der Waals surface area contributed by atoms with Gasteiger partial charge in [-0.05, 0) is 37.2 Å². The van der Waals surface area contributed by atoms with Crippen molar-refractivity contribution >= 4 is 5.91 Å². The summed E-state index contributed by atoms with van der Waals surface area (Å²) in [7, 11) is 0. The van der Waals surface area contributed by atoms with Crippen LogP contribution in [0.4, 0.5) is 13.2 Å². The first-order valence-electron chi connectivity index (χ1n) is 8.34. The van der Waals surface area contributed by atoms with Crippen molar-refractivity contribution in [2.45, 2.75) is 43.9 Å². The van der Waals surface area contributed by atoms with Gasteiger partial charge >= 0.3 is 6.18 Å². The van der Waals surface area contributed by atoms with E-state index in [9.17, 15) is 18.0 Å². The molecule has 2 aliphatic heterocycles. The van der Waals surface area contributed by atoms with Gasteiger partial charge in [0.1, 0.15) is 12.1 Å². The Hall–Kier alpha value is -1.60. The SMILES string of the molecule is O=C(C1CC(C(F)(F)F)NN1)N1CCC(Cc2ccccc2)CC1. The van der Waals surface area contributed by atoms with E-state index < -0.39 is 18.3 Å². The van der Waals surface area contributed by atoms with E-state index in [0.717, 1.165) is 19.3 Å². The van der Waals surface area contributed by atoms with Gasteiger partial charge in [-0.1, -0.05) is 30.3 Å². The second-order valence-electron chi connectivity index (χ2n) is 6.63. The lowest BCUT2D eigenvalue weighted by molar-refractivity contribution is -0.153. The molecule has 0 bridgehead atoms. The molecule has 2 saturated heterocycles. The molecular formula is C17H22F3N3O. The van der Waals surface area contributed by atoms with Crippen molar-refractivity contribution in [3.63, 3.8) is 0 Å². The van der Waals surface area contributed by atoms with Crippen LogP contribution in [0.15, 0.2) is 30.3 Å². The molecule has 24 heavy (non-hydrogen) atoms. The van der Waals surface area contributed by atoms with Crippen molar-refractivity contribution in [1.82, 2.24) is 15.8 Å². The van der Waals surface area contributed by atoms with Gasteiger partial charge in [0.05, 0.1) is 0 Å². The summed E-state index contributed by atoms with van der Waals surface area (Å²) in [5.74, 6) is 0.293. The Kier molecular flexibility index (Phi) is 5.10. The van der Waals surface area contributed by atoms with Crippen LogP contribution in [0.5, 0.6) is 0 Å². The number of carbonyl (C=O) groups excluding carboxylic acids is 1. The van der Waals surface area contributed by atoms with Gasteiger partial charge in [-0.3, -0.25) is 4.79 Å². The third kappa shape index (κ3) is 4.08. The summed E-state index contributed by atoms with van der Waals surface area (Å²) >= 11 is 0. The van der Waals surface area contributed by atoms with Crippen LogP contribution in [0, 0.1) is 5.92 Å². The molecule has 2 heterocycles. The zero-order valence-electron chi connectivity index (χ0n) is 13.4. The summed E-state index contributed by atoms with van der Waals surface area (Å²) in [6, 6.07) is 7.78. The Morgan fingerprint density at radius 2 is 1.79 bits per heavy atom. The van der Waals surface area contributed by atoms with Crippen molar-refractivity contribution in [3.8, 4) is 0 Å². The number of halogens is 3. The number of nitrogens with zero attached hydrogens (tertiary/aromatic N) is 1. The number of amides is 1. The molecule has 3 rings (SSSR count). The van der Waals surface area contributed by atoms with E-state index >= 15 is 0 Å². The van der Waals surface area contributed by atoms with Gasteiger partial charge in [0.2, 0.25) is 5.91 Å². The van der Waals surface area contributed by atoms with Crippen molar-refractivity contribution in [1.29, 1.82) is 0 Å². The molecule has 0 radical (unpaired) electrons. The fraction of sp³-hybridized carbons (Fsp3) is 0.588. The number of nitrogens with one attached hydrogen (secondary N) is 2. The van der Waals surface area contributed by atoms with E-state index in [0.29, 0.717) is 19.0 Å². The van der Waals surface area contributed by atoms with Crippen LogP contribution < -0.4 is 10.9 Å². The quantitative estimate of drug-likeness (QED) is 0.886. The smallest absolute Gasteiger partial charge is 0.341 e. The van der Waals surface area contributed by atoms with Gasteiger partial charge < -0.3 is 4.90 Å². The van der Waals surface area contributed by atoms with Gasteiger partial charge in [-0.2, -0.15) is 13.2 Å². The van der Waals surface area contributed by atoms with Crippen molar-refractivity contribution in [2.75, 3.05) is 13.1 Å². The molecule has 1 amide bonds. The topological polar surface area (TPSA) is 44.4 Å². The predicted molar refractivity (Wildman–Crippen MR) is 84.0 cm³/mol. The van der Waals surface area contributed by atoms with Crippen molar-refractivity contribution in [2.24, 2.45) is 5.92 Å². The number of hydrogen-bond donors (Lipinski definition) is 2. The first-order chi connectivity index (χ1) is 11.4. The van der Waals surface area contributed by atoms with Crippen LogP contribution in [-0.4, -0.2) is 42.2 Å². The highest BCUT2D eigenvalue weighted by atomic mass is 19.4. The lowest BCUT2D eigenvalue weighted by atomic mass is 9.90. The molecular weight excluding hydrogens is 319 g/mol. The minimum atomic E-state index is -4.33. The van der Waals surface area contributed by atoms with Crippen LogP contribution in [0.1, 0.15) is 24.8 Å². The Morgan fingerprint density at radius 3 is 2.38 bits per heavy atom. The summed E-state index contributed by atoms with van der Waals surface area (Å²) < 4.78 is 38.0. The van der Waals surface area contributed by atoms with Gasteiger partial charge in [-0.15, -0.1) is 0 Å². The molecule has 2 atom stereocenters. The predicted octanol–water partition coefficient (Wildman–Crippen LogP) is 2.27. The van der Waals surface area contributed by atoms with Crippen LogP contribution in [0.25, 0.3) is 0 Å². The van der Waals surface area contributed by atoms with Gasteiger partial charge in [-0.25, -0.2) is 10.9 Å². The molecule has 2 aliphatic rings. The summed E-state index contributed by atoms with van der Waals surface area (Å²) in [6.07, 6.45) is -1.80. The lowest BCUT2D eigenvalue weighted by Crippen LogP contribution is -2.48. The van der Waals surface area contributed by atoms with Crippen LogP contribution >= 0.6 is 0 Å². The maximum atomic E-state index is 12.7. The number of rotatable bonds is 3. The van der Waals surface area contributed by atoms with E-state index in [1.54, 1.807) is 4.90 Å². The first kappa shape index (κ1) is 17.2. The van der Waals surface area contributed by atoms with Crippen LogP contribution in [0.3, 0.4) is 0 Å². The third-order valence-electron chi connectivity index (χ3n) is 4.89. The summed E-state index contributed by atoms with van der Waals surface area (Å²) in [6.45, 7) is 1.23. The molecule has 0 saturated carbocycles. The molecule has 0 aromatic heterocycles. The number of likely N-dealkylation sites (tertiary alicyclic amines) is 1. The summed E-state index contributed by atoms with van der Waals surface area (Å²) in [5, 5.41) is 0. The zero-order chi connectivity index (χ0) is 17.2. The van der Waals surface area contributed by atoms with Gasteiger partial charge in [0, 0.05) is 13.1 Å². The van der Waals surface area contributed by atoms with Crippen LogP contribution in [0.2, 0.25) is 0 Å². The fourth-order valence-electron chi connectivity index (χ4n) is 3.46. The maximum absolute atomic E-state index is 12.7.